The summed E-state index contributed by atoms with van der Waals surface area (Å²) in [6, 6.07) is 25.4. The second kappa shape index (κ2) is 8.85. The molecular formula is C28H28N2O3. The number of rotatable bonds is 7. The van der Waals surface area contributed by atoms with Crippen molar-refractivity contribution in [2.45, 2.75) is 38.0 Å². The zero-order valence-corrected chi connectivity index (χ0v) is 18.7. The van der Waals surface area contributed by atoms with Gasteiger partial charge in [-0.15, -0.1) is 0 Å². The molecule has 1 aromatic heterocycles. The van der Waals surface area contributed by atoms with Gasteiger partial charge in [0, 0.05) is 23.5 Å². The fourth-order valence-corrected chi connectivity index (χ4v) is 4.78. The molecule has 1 unspecified atom stereocenters. The maximum atomic E-state index is 12.1. The minimum absolute atomic E-state index is 0.0898. The molecular weight excluding hydrogens is 412 g/mol. The third-order valence-electron chi connectivity index (χ3n) is 6.49. The van der Waals surface area contributed by atoms with Gasteiger partial charge in [-0.1, -0.05) is 60.7 Å². The average Bonchev–Trinajstić information content (AvgIpc) is 3.18. The molecule has 0 aliphatic heterocycles. The van der Waals surface area contributed by atoms with Gasteiger partial charge in [-0.05, 0) is 54.2 Å². The number of hydrogen-bond acceptors (Lipinski definition) is 4. The van der Waals surface area contributed by atoms with Crippen LogP contribution in [0.1, 0.15) is 35.3 Å². The lowest BCUT2D eigenvalue weighted by molar-refractivity contribution is 0.160. The average molecular weight is 441 g/mol. The molecule has 4 aromatic rings. The summed E-state index contributed by atoms with van der Waals surface area (Å²) in [6.45, 7) is 3.02. The standard InChI is InChI=1S/C28H28N2O3/c1-28(15-20-9-5-6-10-21(20)16-28)29-17-24(31)22-11-13-25(27-23(22)12-14-26(32)30-27)33-18-19-7-3-2-4-8-19/h2-14,24,29,31H,15-18H2,1H3,(H,30,32). The van der Waals surface area contributed by atoms with Crippen molar-refractivity contribution >= 4 is 10.9 Å². The van der Waals surface area contributed by atoms with Crippen LogP contribution in [0.3, 0.4) is 0 Å². The van der Waals surface area contributed by atoms with E-state index >= 15 is 0 Å². The van der Waals surface area contributed by atoms with Crippen LogP contribution < -0.4 is 15.6 Å². The maximum Gasteiger partial charge on any atom is 0.248 e. The number of nitrogens with one attached hydrogen (secondary N) is 2. The number of benzene rings is 3. The van der Waals surface area contributed by atoms with E-state index in [2.05, 4.69) is 41.5 Å². The van der Waals surface area contributed by atoms with Crippen molar-refractivity contribution < 1.29 is 9.84 Å². The molecule has 168 valence electrons. The molecule has 0 radical (unpaired) electrons. The molecule has 0 fully saturated rings. The van der Waals surface area contributed by atoms with Gasteiger partial charge in [-0.25, -0.2) is 0 Å². The Morgan fingerprint density at radius 3 is 2.39 bits per heavy atom. The Labute approximate surface area is 193 Å². The summed E-state index contributed by atoms with van der Waals surface area (Å²) in [7, 11) is 0. The normalized spacial score (nSPS) is 15.3. The molecule has 3 N–H and O–H groups in total. The van der Waals surface area contributed by atoms with Gasteiger partial charge in [0.25, 0.3) is 0 Å². The first kappa shape index (κ1) is 21.4. The van der Waals surface area contributed by atoms with Crippen molar-refractivity contribution in [3.8, 4) is 5.75 Å². The SMILES string of the molecule is CC1(NCC(O)c2ccc(OCc3ccccc3)c3[nH]c(=O)ccc23)Cc2ccccc2C1. The van der Waals surface area contributed by atoms with Crippen LogP contribution in [0.15, 0.2) is 83.7 Å². The van der Waals surface area contributed by atoms with Crippen LogP contribution in [0.4, 0.5) is 0 Å². The second-order valence-corrected chi connectivity index (χ2v) is 9.12. The zero-order chi connectivity index (χ0) is 22.8. The van der Waals surface area contributed by atoms with Crippen molar-refractivity contribution in [2.75, 3.05) is 6.54 Å². The summed E-state index contributed by atoms with van der Waals surface area (Å²) < 4.78 is 6.02. The molecule has 1 heterocycles. The molecule has 33 heavy (non-hydrogen) atoms. The molecule has 1 atom stereocenters. The lowest BCUT2D eigenvalue weighted by atomic mass is 9.97. The van der Waals surface area contributed by atoms with Crippen molar-refractivity contribution in [1.82, 2.24) is 10.3 Å². The number of ether oxygens (including phenoxy) is 1. The summed E-state index contributed by atoms with van der Waals surface area (Å²) in [4.78, 5) is 14.9. The van der Waals surface area contributed by atoms with E-state index in [1.165, 1.54) is 17.2 Å². The van der Waals surface area contributed by atoms with Crippen molar-refractivity contribution in [3.05, 3.63) is 111 Å². The number of aromatic nitrogens is 1. The third-order valence-corrected chi connectivity index (χ3v) is 6.49. The summed E-state index contributed by atoms with van der Waals surface area (Å²) >= 11 is 0. The van der Waals surface area contributed by atoms with Gasteiger partial charge in [0.15, 0.2) is 0 Å². The number of pyridine rings is 1. The highest BCUT2D eigenvalue weighted by atomic mass is 16.5. The van der Waals surface area contributed by atoms with Gasteiger partial charge >= 0.3 is 0 Å². The molecule has 0 amide bonds. The van der Waals surface area contributed by atoms with Crippen LogP contribution in [0, 0.1) is 0 Å². The van der Waals surface area contributed by atoms with E-state index in [1.54, 1.807) is 6.07 Å². The Morgan fingerprint density at radius 1 is 0.970 bits per heavy atom. The van der Waals surface area contributed by atoms with Crippen LogP contribution in [-0.2, 0) is 19.4 Å². The largest absolute Gasteiger partial charge is 0.487 e. The Balaban J connectivity index is 1.35. The number of aliphatic hydroxyl groups is 1. The van der Waals surface area contributed by atoms with E-state index in [1.807, 2.05) is 42.5 Å². The van der Waals surface area contributed by atoms with Crippen molar-refractivity contribution in [1.29, 1.82) is 0 Å². The summed E-state index contributed by atoms with van der Waals surface area (Å²) in [5.41, 5.74) is 4.86. The first-order valence-electron chi connectivity index (χ1n) is 11.3. The predicted octanol–water partition coefficient (Wildman–Crippen LogP) is 4.29. The molecule has 1 aliphatic rings. The van der Waals surface area contributed by atoms with E-state index < -0.39 is 6.10 Å². The predicted molar refractivity (Wildman–Crippen MR) is 131 cm³/mol. The highest BCUT2D eigenvalue weighted by molar-refractivity contribution is 5.87. The number of hydrogen-bond donors (Lipinski definition) is 3. The smallest absolute Gasteiger partial charge is 0.248 e. The Morgan fingerprint density at radius 2 is 1.67 bits per heavy atom. The topological polar surface area (TPSA) is 74.3 Å². The zero-order valence-electron chi connectivity index (χ0n) is 18.7. The Hall–Kier alpha value is -3.41. The van der Waals surface area contributed by atoms with Crippen LogP contribution >= 0.6 is 0 Å². The molecule has 5 heteroatoms. The quantitative estimate of drug-likeness (QED) is 0.401. The minimum Gasteiger partial charge on any atom is -0.487 e. The third kappa shape index (κ3) is 4.56. The van der Waals surface area contributed by atoms with E-state index in [0.717, 1.165) is 29.4 Å². The number of aliphatic hydroxyl groups excluding tert-OH is 1. The van der Waals surface area contributed by atoms with Gasteiger partial charge in [-0.2, -0.15) is 0 Å². The molecule has 1 aliphatic carbocycles. The van der Waals surface area contributed by atoms with E-state index in [0.29, 0.717) is 24.4 Å². The Bertz CT molecular complexity index is 1310. The van der Waals surface area contributed by atoms with Gasteiger partial charge in [0.2, 0.25) is 5.56 Å². The highest BCUT2D eigenvalue weighted by Crippen LogP contribution is 2.32. The maximum absolute atomic E-state index is 12.1. The van der Waals surface area contributed by atoms with Gasteiger partial charge in [-0.3, -0.25) is 4.79 Å². The monoisotopic (exact) mass is 440 g/mol. The second-order valence-electron chi connectivity index (χ2n) is 9.12. The fraction of sp³-hybridized carbons (Fsp3) is 0.250. The minimum atomic E-state index is -0.720. The first-order chi connectivity index (χ1) is 16.0. The van der Waals surface area contributed by atoms with Crippen LogP contribution in [0.2, 0.25) is 0 Å². The van der Waals surface area contributed by atoms with Gasteiger partial charge in [0.1, 0.15) is 12.4 Å². The molecule has 5 nitrogen and oxygen atoms in total. The van der Waals surface area contributed by atoms with Gasteiger partial charge < -0.3 is 20.1 Å². The Kier molecular flexibility index (Phi) is 5.75. The first-order valence-corrected chi connectivity index (χ1v) is 11.3. The lowest BCUT2D eigenvalue weighted by Gasteiger charge is -2.27. The van der Waals surface area contributed by atoms with E-state index in [-0.39, 0.29) is 11.1 Å². The summed E-state index contributed by atoms with van der Waals surface area (Å²) in [5.74, 6) is 0.591. The van der Waals surface area contributed by atoms with Crippen LogP contribution in [-0.4, -0.2) is 22.2 Å². The van der Waals surface area contributed by atoms with Crippen LogP contribution in [0.25, 0.3) is 10.9 Å². The molecule has 5 rings (SSSR count). The fourth-order valence-electron chi connectivity index (χ4n) is 4.78. The number of H-pyrrole nitrogens is 1. The molecule has 0 spiro atoms. The molecule has 0 saturated heterocycles. The molecule has 0 bridgehead atoms. The van der Waals surface area contributed by atoms with E-state index in [4.69, 9.17) is 4.74 Å². The van der Waals surface area contributed by atoms with Crippen LogP contribution in [0.5, 0.6) is 5.75 Å². The highest BCUT2D eigenvalue weighted by Gasteiger charge is 2.32. The lowest BCUT2D eigenvalue weighted by Crippen LogP contribution is -2.45. The molecule has 0 saturated carbocycles. The summed E-state index contributed by atoms with van der Waals surface area (Å²) in [6.07, 6.45) is 1.16. The van der Waals surface area contributed by atoms with Gasteiger partial charge in [0.05, 0.1) is 11.6 Å². The number of fused-ring (bicyclic) bond motifs is 2. The van der Waals surface area contributed by atoms with Crippen molar-refractivity contribution in [2.24, 2.45) is 0 Å². The summed E-state index contributed by atoms with van der Waals surface area (Å²) in [5, 5.41) is 15.5. The molecule has 3 aromatic carbocycles. The van der Waals surface area contributed by atoms with Crippen molar-refractivity contribution in [3.63, 3.8) is 0 Å². The number of β-amino-alcohol motifs (C(OH)–C–C–N with tert-alkyl or cyclic N) is 1. The van der Waals surface area contributed by atoms with E-state index in [9.17, 15) is 9.90 Å². The number of aromatic amines is 1.